The molecule has 0 unspecified atom stereocenters. The third-order valence-corrected chi connectivity index (χ3v) is 3.97. The number of hydrogen-bond acceptors (Lipinski definition) is 6. The number of aromatic nitrogens is 1. The van der Waals surface area contributed by atoms with E-state index in [0.717, 1.165) is 5.56 Å². The number of hydrogen-bond donors (Lipinski definition) is 2. The van der Waals surface area contributed by atoms with E-state index in [4.69, 9.17) is 18.6 Å². The third-order valence-electron chi connectivity index (χ3n) is 3.97. The molecular weight excluding hydrogens is 362 g/mol. The smallest absolute Gasteiger partial charge is 0.319 e. The van der Waals surface area contributed by atoms with E-state index in [2.05, 4.69) is 15.6 Å². The Bertz CT molecular complexity index is 916. The zero-order valence-electron chi connectivity index (χ0n) is 15.8. The molecule has 146 valence electrons. The highest BCUT2D eigenvalue weighted by Crippen LogP contribution is 2.39. The summed E-state index contributed by atoms with van der Waals surface area (Å²) in [6.45, 7) is 0.326. The molecule has 2 N–H and O–H groups in total. The minimum atomic E-state index is -0.370. The van der Waals surface area contributed by atoms with Crippen LogP contribution in [0.15, 0.2) is 53.3 Å². The van der Waals surface area contributed by atoms with Gasteiger partial charge in [-0.3, -0.25) is 4.98 Å². The van der Waals surface area contributed by atoms with Gasteiger partial charge in [0.1, 0.15) is 5.69 Å². The highest BCUT2D eigenvalue weighted by molar-refractivity contribution is 5.90. The monoisotopic (exact) mass is 383 g/mol. The first-order valence-electron chi connectivity index (χ1n) is 8.48. The van der Waals surface area contributed by atoms with Gasteiger partial charge in [0, 0.05) is 24.9 Å². The lowest BCUT2D eigenvalue weighted by molar-refractivity contribution is 0.251. The van der Waals surface area contributed by atoms with E-state index >= 15 is 0 Å². The second kappa shape index (κ2) is 8.81. The van der Waals surface area contributed by atoms with Gasteiger partial charge in [0.15, 0.2) is 17.3 Å². The maximum absolute atomic E-state index is 12.3. The number of rotatable bonds is 7. The number of furan rings is 1. The van der Waals surface area contributed by atoms with E-state index in [1.54, 1.807) is 30.7 Å². The summed E-state index contributed by atoms with van der Waals surface area (Å²) in [6.07, 6.45) is 3.26. The van der Waals surface area contributed by atoms with Crippen LogP contribution < -0.4 is 24.8 Å². The summed E-state index contributed by atoms with van der Waals surface area (Å²) in [5.74, 6) is 2.03. The molecule has 3 aromatic rings. The fourth-order valence-electron chi connectivity index (χ4n) is 2.65. The lowest BCUT2D eigenvalue weighted by atomic mass is 10.2. The predicted molar refractivity (Wildman–Crippen MR) is 104 cm³/mol. The average molecular weight is 383 g/mol. The molecule has 0 saturated heterocycles. The topological polar surface area (TPSA) is 94.9 Å². The molecule has 3 rings (SSSR count). The number of carbonyl (C=O) groups is 1. The molecule has 8 heteroatoms. The van der Waals surface area contributed by atoms with Crippen LogP contribution in [0, 0.1) is 0 Å². The molecular formula is C20H21N3O5. The molecule has 0 aliphatic heterocycles. The van der Waals surface area contributed by atoms with Crippen LogP contribution in [0.25, 0.3) is 11.5 Å². The van der Waals surface area contributed by atoms with Crippen LogP contribution in [0.5, 0.6) is 17.2 Å². The largest absolute Gasteiger partial charge is 0.493 e. The van der Waals surface area contributed by atoms with Gasteiger partial charge in [0.2, 0.25) is 5.75 Å². The second-order valence-electron chi connectivity index (χ2n) is 5.75. The van der Waals surface area contributed by atoms with Gasteiger partial charge in [0.25, 0.3) is 0 Å². The molecule has 0 fully saturated rings. The fraction of sp³-hybridized carbons (Fsp3) is 0.200. The van der Waals surface area contributed by atoms with Crippen molar-refractivity contribution in [2.75, 3.05) is 26.6 Å². The van der Waals surface area contributed by atoms with E-state index in [0.29, 0.717) is 40.9 Å². The number of ether oxygens (including phenoxy) is 3. The minimum Gasteiger partial charge on any atom is -0.493 e. The number of methoxy groups -OCH3 is 3. The lowest BCUT2D eigenvalue weighted by Crippen LogP contribution is -2.28. The summed E-state index contributed by atoms with van der Waals surface area (Å²) in [5, 5.41) is 5.56. The summed E-state index contributed by atoms with van der Waals surface area (Å²) in [7, 11) is 4.55. The lowest BCUT2D eigenvalue weighted by Gasteiger charge is -2.15. The molecule has 0 aliphatic carbocycles. The van der Waals surface area contributed by atoms with Gasteiger partial charge >= 0.3 is 6.03 Å². The Balaban J connectivity index is 1.66. The summed E-state index contributed by atoms with van der Waals surface area (Å²) in [5.41, 5.74) is 2.11. The Labute approximate surface area is 162 Å². The fourth-order valence-corrected chi connectivity index (χ4v) is 2.65. The molecule has 0 atom stereocenters. The number of amides is 2. The summed E-state index contributed by atoms with van der Waals surface area (Å²) in [6, 6.07) is 10.3. The van der Waals surface area contributed by atoms with Crippen molar-refractivity contribution >= 4 is 11.7 Å². The van der Waals surface area contributed by atoms with Gasteiger partial charge in [-0.2, -0.15) is 0 Å². The Morgan fingerprint density at radius 3 is 2.43 bits per heavy atom. The van der Waals surface area contributed by atoms with Gasteiger partial charge in [-0.25, -0.2) is 4.79 Å². The molecule has 0 spiro atoms. The van der Waals surface area contributed by atoms with E-state index in [9.17, 15) is 4.79 Å². The van der Waals surface area contributed by atoms with Crippen LogP contribution in [-0.2, 0) is 6.54 Å². The Morgan fingerprint density at radius 2 is 1.82 bits per heavy atom. The van der Waals surface area contributed by atoms with Crippen molar-refractivity contribution in [3.8, 4) is 28.7 Å². The van der Waals surface area contributed by atoms with Crippen LogP contribution in [0.3, 0.4) is 0 Å². The van der Waals surface area contributed by atoms with Gasteiger partial charge in [0.05, 0.1) is 33.3 Å². The van der Waals surface area contributed by atoms with Crippen LogP contribution in [0.1, 0.15) is 5.56 Å². The highest BCUT2D eigenvalue weighted by Gasteiger charge is 2.14. The van der Waals surface area contributed by atoms with Crippen molar-refractivity contribution in [1.29, 1.82) is 0 Å². The first kappa shape index (κ1) is 19.1. The molecule has 2 aromatic heterocycles. The molecule has 2 heterocycles. The van der Waals surface area contributed by atoms with Crippen LogP contribution in [0.2, 0.25) is 0 Å². The van der Waals surface area contributed by atoms with Gasteiger partial charge < -0.3 is 29.3 Å². The Hall–Kier alpha value is -3.68. The predicted octanol–water partition coefficient (Wildman–Crippen LogP) is 3.69. The van der Waals surface area contributed by atoms with Crippen molar-refractivity contribution in [2.45, 2.75) is 6.54 Å². The summed E-state index contributed by atoms with van der Waals surface area (Å²) < 4.78 is 21.2. The summed E-state index contributed by atoms with van der Waals surface area (Å²) in [4.78, 5) is 16.6. The number of nitrogens with zero attached hydrogens (tertiary/aromatic N) is 1. The highest BCUT2D eigenvalue weighted by atomic mass is 16.5. The van der Waals surface area contributed by atoms with Crippen LogP contribution >= 0.6 is 0 Å². The maximum Gasteiger partial charge on any atom is 0.319 e. The van der Waals surface area contributed by atoms with E-state index in [1.165, 1.54) is 21.3 Å². The van der Waals surface area contributed by atoms with Gasteiger partial charge in [-0.15, -0.1) is 0 Å². The molecule has 0 bridgehead atoms. The van der Waals surface area contributed by atoms with Crippen LogP contribution in [-0.4, -0.2) is 32.3 Å². The second-order valence-corrected chi connectivity index (χ2v) is 5.75. The Morgan fingerprint density at radius 1 is 1.07 bits per heavy atom. The molecule has 0 radical (unpaired) electrons. The molecule has 8 nitrogen and oxygen atoms in total. The number of urea groups is 1. The molecule has 0 saturated carbocycles. The number of benzene rings is 1. The molecule has 28 heavy (non-hydrogen) atoms. The maximum atomic E-state index is 12.3. The zero-order valence-corrected chi connectivity index (χ0v) is 15.8. The molecule has 2 amide bonds. The van der Waals surface area contributed by atoms with Crippen molar-refractivity contribution < 1.29 is 23.4 Å². The SMILES string of the molecule is COc1cc(NC(=O)NCc2ccnc(-c3ccco3)c2)cc(OC)c1OC. The quantitative estimate of drug-likeness (QED) is 0.646. The third kappa shape index (κ3) is 4.35. The van der Waals surface area contributed by atoms with E-state index < -0.39 is 0 Å². The van der Waals surface area contributed by atoms with Crippen molar-refractivity contribution in [3.63, 3.8) is 0 Å². The number of pyridine rings is 1. The van der Waals surface area contributed by atoms with E-state index in [-0.39, 0.29) is 6.03 Å². The zero-order chi connectivity index (χ0) is 19.9. The first-order chi connectivity index (χ1) is 13.6. The molecule has 1 aromatic carbocycles. The van der Waals surface area contributed by atoms with Gasteiger partial charge in [-0.1, -0.05) is 0 Å². The van der Waals surface area contributed by atoms with E-state index in [1.807, 2.05) is 18.2 Å². The van der Waals surface area contributed by atoms with Crippen LogP contribution in [0.4, 0.5) is 10.5 Å². The van der Waals surface area contributed by atoms with Gasteiger partial charge in [-0.05, 0) is 29.8 Å². The average Bonchev–Trinajstić information content (AvgIpc) is 3.26. The molecule has 0 aliphatic rings. The van der Waals surface area contributed by atoms with Crippen molar-refractivity contribution in [1.82, 2.24) is 10.3 Å². The normalized spacial score (nSPS) is 10.2. The van der Waals surface area contributed by atoms with Crippen molar-refractivity contribution in [3.05, 3.63) is 54.4 Å². The minimum absolute atomic E-state index is 0.326. The number of nitrogens with one attached hydrogen (secondary N) is 2. The first-order valence-corrected chi connectivity index (χ1v) is 8.48. The standard InChI is InChI=1S/C20H21N3O5/c1-25-17-10-14(11-18(26-2)19(17)27-3)23-20(24)22-12-13-6-7-21-15(9-13)16-5-4-8-28-16/h4-11H,12H2,1-3H3,(H2,22,23,24). The number of anilines is 1. The number of carbonyl (C=O) groups excluding carboxylic acids is 1. The Kier molecular flexibility index (Phi) is 6.01. The van der Waals surface area contributed by atoms with Crippen molar-refractivity contribution in [2.24, 2.45) is 0 Å². The summed E-state index contributed by atoms with van der Waals surface area (Å²) >= 11 is 0.